The van der Waals surface area contributed by atoms with Gasteiger partial charge in [0.05, 0.1) is 0 Å². The van der Waals surface area contributed by atoms with Crippen LogP contribution in [0.25, 0.3) is 6.08 Å². The Hall–Kier alpha value is -0.425. The Kier molecular flexibility index (Phi) is 7.05. The summed E-state index contributed by atoms with van der Waals surface area (Å²) in [5.41, 5.74) is 0.945. The molecule has 4 nitrogen and oxygen atoms in total. The number of hydrogen-bond acceptors (Lipinski definition) is 3. The molecule has 0 aromatic heterocycles. The molecule has 2 N–H and O–H groups in total. The molecule has 1 aliphatic rings. The summed E-state index contributed by atoms with van der Waals surface area (Å²) in [4.78, 5) is 11.0. The number of rotatable bonds is 4. The number of carboxylic acids is 1. The fourth-order valence-electron chi connectivity index (χ4n) is 2.27. The fourth-order valence-corrected chi connectivity index (χ4v) is 2.27. The van der Waals surface area contributed by atoms with Crippen molar-refractivity contribution in [3.05, 3.63) is 41.0 Å². The maximum atomic E-state index is 11.0. The molecule has 1 atom stereocenters. The first kappa shape index (κ1) is 19.6. The normalized spacial score (nSPS) is 18.7. The number of aromatic hydroxyl groups is 1. The Labute approximate surface area is 179 Å². The van der Waals surface area contributed by atoms with Crippen LogP contribution in [0.3, 0.4) is 0 Å². The average Bonchev–Trinajstić information content (AvgIpc) is 2.37. The topological polar surface area (TPSA) is 66.8 Å². The van der Waals surface area contributed by atoms with Gasteiger partial charge in [0, 0.05) is 11.5 Å². The quantitative estimate of drug-likeness (QED) is 0.606. The van der Waals surface area contributed by atoms with Crippen LogP contribution in [-0.4, -0.2) is 21.8 Å². The molecule has 1 aromatic rings. The van der Waals surface area contributed by atoms with E-state index < -0.39 is 11.6 Å². The minimum absolute atomic E-state index is 0. The molecular weight excluding hydrogens is 354 g/mol. The van der Waals surface area contributed by atoms with Gasteiger partial charge in [-0.15, -0.1) is 12.1 Å². The van der Waals surface area contributed by atoms with E-state index in [1.54, 1.807) is 6.08 Å². The van der Waals surface area contributed by atoms with E-state index in [0.717, 1.165) is 12.8 Å². The van der Waals surface area contributed by atoms with Gasteiger partial charge >= 0.3 is 58.2 Å². The zero-order chi connectivity index (χ0) is 15.6. The molecule has 0 unspecified atom stereocenters. The minimum atomic E-state index is -1.21. The Morgan fingerprint density at radius 3 is 2.73 bits per heavy atom. The molecule has 1 heterocycles. The van der Waals surface area contributed by atoms with Gasteiger partial charge in [0.2, 0.25) is 0 Å². The summed E-state index contributed by atoms with van der Waals surface area (Å²) in [6.07, 6.45) is 7.42. The SMILES string of the molecule is CC(C)=CCC[C@@]1(C)C=Cc2c(c[c-]c(C(=O)O)c2O)O1.[Rb+]. The van der Waals surface area contributed by atoms with E-state index in [2.05, 4.69) is 26.0 Å². The van der Waals surface area contributed by atoms with Crippen molar-refractivity contribution in [2.24, 2.45) is 0 Å². The maximum absolute atomic E-state index is 11.0. The van der Waals surface area contributed by atoms with Crippen LogP contribution in [0.2, 0.25) is 0 Å². The van der Waals surface area contributed by atoms with E-state index >= 15 is 0 Å². The van der Waals surface area contributed by atoms with Crippen LogP contribution < -0.4 is 62.9 Å². The van der Waals surface area contributed by atoms with Crippen molar-refractivity contribution in [1.29, 1.82) is 0 Å². The molecule has 0 saturated carbocycles. The Balaban J connectivity index is 0.00000242. The van der Waals surface area contributed by atoms with Crippen molar-refractivity contribution in [2.75, 3.05) is 0 Å². The standard InChI is InChI=1S/C17H19O4.Rb/c1-11(2)5-4-9-17(3)10-8-12-14(21-17)7-6-13(15(12)18)16(19)20;/h5,7-8,10,18H,4,9H2,1-3H3,(H,19,20);/q-1;+1/t17-;/m0./s1. The molecule has 0 bridgehead atoms. The molecule has 0 saturated heterocycles. The van der Waals surface area contributed by atoms with Gasteiger partial charge < -0.3 is 19.7 Å². The Morgan fingerprint density at radius 2 is 2.14 bits per heavy atom. The van der Waals surface area contributed by atoms with Crippen molar-refractivity contribution in [1.82, 2.24) is 0 Å². The molecule has 5 heteroatoms. The summed E-state index contributed by atoms with van der Waals surface area (Å²) in [5, 5.41) is 18.9. The molecule has 0 fully saturated rings. The predicted molar refractivity (Wildman–Crippen MR) is 80.6 cm³/mol. The van der Waals surface area contributed by atoms with E-state index in [-0.39, 0.29) is 69.5 Å². The monoisotopic (exact) mass is 372 g/mol. The Morgan fingerprint density at radius 1 is 1.45 bits per heavy atom. The van der Waals surface area contributed by atoms with E-state index in [4.69, 9.17) is 9.84 Å². The van der Waals surface area contributed by atoms with Crippen LogP contribution in [0.4, 0.5) is 0 Å². The summed E-state index contributed by atoms with van der Waals surface area (Å²) in [6.45, 7) is 6.07. The van der Waals surface area contributed by atoms with Crippen LogP contribution in [-0.2, 0) is 0 Å². The van der Waals surface area contributed by atoms with Crippen LogP contribution in [0, 0.1) is 6.07 Å². The summed E-state index contributed by atoms with van der Waals surface area (Å²) in [7, 11) is 0. The summed E-state index contributed by atoms with van der Waals surface area (Å²) >= 11 is 0. The molecule has 1 aliphatic heterocycles. The molecule has 2 rings (SSSR count). The van der Waals surface area contributed by atoms with E-state index in [1.165, 1.54) is 11.6 Å². The van der Waals surface area contributed by atoms with Crippen molar-refractivity contribution in [3.63, 3.8) is 0 Å². The van der Waals surface area contributed by atoms with Crippen LogP contribution >= 0.6 is 0 Å². The van der Waals surface area contributed by atoms with Gasteiger partial charge in [-0.3, -0.25) is 0 Å². The molecule has 0 aliphatic carbocycles. The van der Waals surface area contributed by atoms with Crippen LogP contribution in [0.5, 0.6) is 11.5 Å². The molecule has 22 heavy (non-hydrogen) atoms. The van der Waals surface area contributed by atoms with Gasteiger partial charge in [0.1, 0.15) is 5.60 Å². The number of fused-ring (bicyclic) bond motifs is 1. The molecule has 1 aromatic carbocycles. The van der Waals surface area contributed by atoms with Crippen LogP contribution in [0.1, 0.15) is 49.5 Å². The van der Waals surface area contributed by atoms with E-state index in [1.807, 2.05) is 13.0 Å². The second-order valence-corrected chi connectivity index (χ2v) is 5.66. The number of carboxylic acid groups (broad SMARTS) is 1. The second kappa shape index (κ2) is 7.91. The molecular formula is C17H19O4Rb. The van der Waals surface area contributed by atoms with Gasteiger partial charge in [0.25, 0.3) is 5.97 Å². The number of hydrogen-bond donors (Lipinski definition) is 2. The van der Waals surface area contributed by atoms with Crippen molar-refractivity contribution < 1.29 is 77.9 Å². The van der Waals surface area contributed by atoms with E-state index in [9.17, 15) is 9.90 Å². The first-order valence-corrected chi connectivity index (χ1v) is 6.85. The third kappa shape index (κ3) is 4.54. The van der Waals surface area contributed by atoms with Crippen molar-refractivity contribution >= 4 is 12.0 Å². The zero-order valence-corrected chi connectivity index (χ0v) is 18.4. The maximum Gasteiger partial charge on any atom is 1.00 e. The first-order chi connectivity index (χ1) is 9.82. The minimum Gasteiger partial charge on any atom is -0.551 e. The second-order valence-electron chi connectivity index (χ2n) is 5.66. The van der Waals surface area contributed by atoms with E-state index in [0.29, 0.717) is 11.3 Å². The third-order valence-electron chi connectivity index (χ3n) is 3.46. The number of ether oxygens (including phenoxy) is 1. The summed E-state index contributed by atoms with van der Waals surface area (Å²) in [5.74, 6) is -1.05. The molecule has 0 spiro atoms. The Bertz CT molecular complexity index is 630. The zero-order valence-electron chi connectivity index (χ0n) is 13.4. The van der Waals surface area contributed by atoms with Gasteiger partial charge in [-0.2, -0.15) is 0 Å². The van der Waals surface area contributed by atoms with Crippen molar-refractivity contribution in [3.8, 4) is 11.5 Å². The van der Waals surface area contributed by atoms with Crippen molar-refractivity contribution in [2.45, 2.75) is 39.2 Å². The third-order valence-corrected chi connectivity index (χ3v) is 3.46. The predicted octanol–water partition coefficient (Wildman–Crippen LogP) is 0.805. The number of phenols is 1. The smallest absolute Gasteiger partial charge is 0.551 e. The number of carbonyl (C=O) groups is 1. The fraction of sp³-hybridized carbons (Fsp3) is 0.353. The number of aromatic carboxylic acids is 1. The number of allylic oxidation sites excluding steroid dienone is 2. The molecule has 112 valence electrons. The van der Waals surface area contributed by atoms with Gasteiger partial charge in [-0.25, -0.2) is 0 Å². The molecule has 0 amide bonds. The first-order valence-electron chi connectivity index (χ1n) is 6.85. The summed E-state index contributed by atoms with van der Waals surface area (Å²) in [6, 6.07) is 4.03. The van der Waals surface area contributed by atoms with Gasteiger partial charge in [-0.05, 0) is 50.8 Å². The average molecular weight is 373 g/mol. The largest absolute Gasteiger partial charge is 1.00 e. The van der Waals surface area contributed by atoms with Gasteiger partial charge in [-0.1, -0.05) is 17.7 Å². The number of benzene rings is 1. The van der Waals surface area contributed by atoms with Gasteiger partial charge in [0.15, 0.2) is 0 Å². The van der Waals surface area contributed by atoms with Crippen LogP contribution in [0.15, 0.2) is 23.8 Å². The summed E-state index contributed by atoms with van der Waals surface area (Å²) < 4.78 is 5.92. The molecule has 0 radical (unpaired) electrons.